The largest absolute Gasteiger partial charge is 0.386 e. The van der Waals surface area contributed by atoms with Crippen LogP contribution in [0.1, 0.15) is 72.1 Å². The van der Waals surface area contributed by atoms with Gasteiger partial charge in [0.25, 0.3) is 0 Å². The van der Waals surface area contributed by atoms with Gasteiger partial charge in [-0.15, -0.1) is 0 Å². The zero-order valence-electron chi connectivity index (χ0n) is 14.8. The van der Waals surface area contributed by atoms with Crippen molar-refractivity contribution in [3.8, 4) is 0 Å². The fourth-order valence-corrected chi connectivity index (χ4v) is 6.24. The molecule has 2 N–H and O–H groups in total. The van der Waals surface area contributed by atoms with Gasteiger partial charge in [-0.25, -0.2) is 0 Å². The van der Waals surface area contributed by atoms with Crippen LogP contribution in [0.3, 0.4) is 0 Å². The Hall–Kier alpha value is -0.500. The van der Waals surface area contributed by atoms with Crippen LogP contribution in [0.4, 0.5) is 0 Å². The Labute approximate surface area is 136 Å². The molecule has 0 radical (unpaired) electrons. The lowest BCUT2D eigenvalue weighted by atomic mass is 9.52. The maximum Gasteiger partial charge on any atom is 0.0358 e. The number of fused-ring (bicyclic) bond motifs is 3. The molecule has 2 aliphatic heterocycles. The van der Waals surface area contributed by atoms with Gasteiger partial charge >= 0.3 is 0 Å². The number of rotatable bonds is 0. The summed E-state index contributed by atoms with van der Waals surface area (Å²) in [7, 11) is 0. The maximum atomic E-state index is 4.20. The number of nitrogens with one attached hydrogen (secondary N) is 2. The first-order valence-electron chi connectivity index (χ1n) is 9.56. The Morgan fingerprint density at radius 3 is 2.50 bits per heavy atom. The molecule has 0 amide bonds. The summed E-state index contributed by atoms with van der Waals surface area (Å²) in [4.78, 5) is 0. The van der Waals surface area contributed by atoms with Gasteiger partial charge in [0.05, 0.1) is 0 Å². The van der Waals surface area contributed by atoms with Crippen molar-refractivity contribution in [2.24, 2.45) is 22.7 Å². The first-order valence-corrected chi connectivity index (χ1v) is 9.56. The Kier molecular flexibility index (Phi) is 3.25. The molecule has 124 valence electrons. The molecule has 22 heavy (non-hydrogen) atoms. The summed E-state index contributed by atoms with van der Waals surface area (Å²) in [6.45, 7) is 13.1. The van der Waals surface area contributed by atoms with Crippen molar-refractivity contribution in [3.63, 3.8) is 0 Å². The highest BCUT2D eigenvalue weighted by molar-refractivity contribution is 5.16. The summed E-state index contributed by atoms with van der Waals surface area (Å²) < 4.78 is 0. The summed E-state index contributed by atoms with van der Waals surface area (Å²) in [5.74, 6) is 1.88. The van der Waals surface area contributed by atoms with Crippen molar-refractivity contribution in [1.29, 1.82) is 0 Å². The Morgan fingerprint density at radius 2 is 1.77 bits per heavy atom. The van der Waals surface area contributed by atoms with Crippen LogP contribution in [0.15, 0.2) is 12.3 Å². The summed E-state index contributed by atoms with van der Waals surface area (Å²) in [6.07, 6.45) is 11.0. The first-order chi connectivity index (χ1) is 10.4. The second kappa shape index (κ2) is 4.75. The zero-order valence-corrected chi connectivity index (χ0v) is 14.8. The molecule has 0 aromatic carbocycles. The van der Waals surface area contributed by atoms with Gasteiger partial charge in [-0.1, -0.05) is 27.4 Å². The Morgan fingerprint density at radius 1 is 1.00 bits per heavy atom. The van der Waals surface area contributed by atoms with Gasteiger partial charge in [0.1, 0.15) is 0 Å². The van der Waals surface area contributed by atoms with E-state index < -0.39 is 0 Å². The van der Waals surface area contributed by atoms with Gasteiger partial charge in [-0.2, -0.15) is 0 Å². The number of piperidine rings is 1. The van der Waals surface area contributed by atoms with Crippen molar-refractivity contribution in [2.45, 2.75) is 83.7 Å². The van der Waals surface area contributed by atoms with Crippen LogP contribution in [0.5, 0.6) is 0 Å². The molecule has 2 nitrogen and oxygen atoms in total. The molecular formula is C20H34N2. The third-order valence-corrected chi connectivity index (χ3v) is 8.30. The van der Waals surface area contributed by atoms with E-state index in [1.165, 1.54) is 63.6 Å². The molecule has 2 aliphatic carbocycles. The van der Waals surface area contributed by atoms with Crippen LogP contribution in [0.25, 0.3) is 0 Å². The molecule has 4 fully saturated rings. The molecule has 2 saturated heterocycles. The Bertz CT molecular complexity index is 476. The van der Waals surface area contributed by atoms with Crippen molar-refractivity contribution in [1.82, 2.24) is 10.6 Å². The lowest BCUT2D eigenvalue weighted by Crippen LogP contribution is -2.56. The quantitative estimate of drug-likeness (QED) is 0.657. The van der Waals surface area contributed by atoms with Gasteiger partial charge in [-0.05, 0) is 74.0 Å². The standard InChI is InChI=1S/C20H34N2/c1-14-7-11-19(4)16-9-10-18(2,3)20(13-21-20)12-8-15(16)5-6-17(19)22-14/h15-17,21-22H,1,5-13H2,2-4H3. The fourth-order valence-electron chi connectivity index (χ4n) is 6.24. The molecule has 5 unspecified atom stereocenters. The molecule has 0 aromatic heterocycles. The predicted molar refractivity (Wildman–Crippen MR) is 92.6 cm³/mol. The third-order valence-electron chi connectivity index (χ3n) is 8.30. The van der Waals surface area contributed by atoms with Gasteiger partial charge < -0.3 is 10.6 Å². The predicted octanol–water partition coefficient (Wildman–Crippen LogP) is 4.23. The van der Waals surface area contributed by atoms with E-state index in [1.807, 2.05) is 0 Å². The SMILES string of the molecule is C=C1CCC2(C)C(CCC3CCC4(CN4)C(C)(C)CCC32)N1. The summed E-state index contributed by atoms with van der Waals surface area (Å²) in [6, 6.07) is 0.686. The average Bonchev–Trinajstić information content (AvgIpc) is 3.25. The van der Waals surface area contributed by atoms with E-state index in [1.54, 1.807) is 0 Å². The number of allylic oxidation sites excluding steroid dienone is 1. The van der Waals surface area contributed by atoms with E-state index >= 15 is 0 Å². The van der Waals surface area contributed by atoms with Crippen LogP contribution in [-0.2, 0) is 0 Å². The minimum Gasteiger partial charge on any atom is -0.386 e. The van der Waals surface area contributed by atoms with Crippen molar-refractivity contribution in [3.05, 3.63) is 12.3 Å². The molecule has 2 heteroatoms. The minimum atomic E-state index is 0.465. The highest BCUT2D eigenvalue weighted by atomic mass is 15.2. The summed E-state index contributed by atoms with van der Waals surface area (Å²) >= 11 is 0. The van der Waals surface area contributed by atoms with Gasteiger partial charge in [0.2, 0.25) is 0 Å². The highest BCUT2D eigenvalue weighted by Crippen LogP contribution is 2.57. The van der Waals surface area contributed by atoms with E-state index in [9.17, 15) is 0 Å². The van der Waals surface area contributed by atoms with Crippen LogP contribution >= 0.6 is 0 Å². The van der Waals surface area contributed by atoms with E-state index in [-0.39, 0.29) is 0 Å². The monoisotopic (exact) mass is 302 g/mol. The van der Waals surface area contributed by atoms with Crippen LogP contribution in [-0.4, -0.2) is 18.1 Å². The van der Waals surface area contributed by atoms with E-state index in [4.69, 9.17) is 0 Å². The van der Waals surface area contributed by atoms with E-state index in [0.717, 1.165) is 11.8 Å². The van der Waals surface area contributed by atoms with Crippen LogP contribution in [0, 0.1) is 22.7 Å². The fraction of sp³-hybridized carbons (Fsp3) is 0.900. The molecule has 4 rings (SSSR count). The van der Waals surface area contributed by atoms with E-state index in [0.29, 0.717) is 22.4 Å². The topological polar surface area (TPSA) is 34.0 Å². The number of hydrogen-bond acceptors (Lipinski definition) is 2. The van der Waals surface area contributed by atoms with Gasteiger partial charge in [0, 0.05) is 23.8 Å². The maximum absolute atomic E-state index is 4.20. The normalized spacial score (nSPS) is 50.3. The van der Waals surface area contributed by atoms with Crippen LogP contribution in [0.2, 0.25) is 0 Å². The zero-order chi connectivity index (χ0) is 15.6. The van der Waals surface area contributed by atoms with E-state index in [2.05, 4.69) is 38.0 Å². The van der Waals surface area contributed by atoms with Crippen molar-refractivity contribution in [2.75, 3.05) is 6.54 Å². The van der Waals surface area contributed by atoms with Gasteiger partial charge in [0.15, 0.2) is 0 Å². The summed E-state index contributed by atoms with van der Waals surface area (Å²) in [5, 5.41) is 7.52. The summed E-state index contributed by atoms with van der Waals surface area (Å²) in [5.41, 5.74) is 2.73. The molecule has 1 spiro atoms. The highest BCUT2D eigenvalue weighted by Gasteiger charge is 2.57. The molecule has 2 heterocycles. The molecule has 4 aliphatic rings. The smallest absolute Gasteiger partial charge is 0.0358 e. The van der Waals surface area contributed by atoms with Gasteiger partial charge in [-0.3, -0.25) is 0 Å². The molecule has 5 atom stereocenters. The second-order valence-electron chi connectivity index (χ2n) is 9.65. The first kappa shape index (κ1) is 15.1. The molecule has 0 bridgehead atoms. The molecular weight excluding hydrogens is 268 g/mol. The third kappa shape index (κ3) is 2.09. The second-order valence-corrected chi connectivity index (χ2v) is 9.65. The number of hydrogen-bond donors (Lipinski definition) is 2. The lowest BCUT2D eigenvalue weighted by molar-refractivity contribution is -0.0248. The molecule has 2 saturated carbocycles. The Balaban J connectivity index is 1.59. The van der Waals surface area contributed by atoms with Crippen molar-refractivity contribution >= 4 is 0 Å². The van der Waals surface area contributed by atoms with Crippen molar-refractivity contribution < 1.29 is 0 Å². The average molecular weight is 303 g/mol. The minimum absolute atomic E-state index is 0.465. The van der Waals surface area contributed by atoms with Crippen LogP contribution < -0.4 is 10.6 Å². The lowest BCUT2D eigenvalue weighted by Gasteiger charge is -2.56. The molecule has 0 aromatic rings.